The predicted octanol–water partition coefficient (Wildman–Crippen LogP) is 6.24. The molecule has 0 unspecified atom stereocenters. The van der Waals surface area contributed by atoms with Gasteiger partial charge in [-0.05, 0) is 61.4 Å². The number of nitrogens with two attached hydrogens (primary N) is 1. The van der Waals surface area contributed by atoms with Gasteiger partial charge in [-0.25, -0.2) is 14.4 Å². The molecule has 1 amide bonds. The summed E-state index contributed by atoms with van der Waals surface area (Å²) >= 11 is 6.40. The van der Waals surface area contributed by atoms with Gasteiger partial charge in [0.1, 0.15) is 11.6 Å². The number of amides is 1. The van der Waals surface area contributed by atoms with E-state index in [-0.39, 0.29) is 31.5 Å². The number of nitrogens with one attached hydrogen (secondary N) is 1. The number of rotatable bonds is 5. The number of carbonyl (C=O) groups excluding carboxylic acids is 1. The summed E-state index contributed by atoms with van der Waals surface area (Å²) in [5, 5.41) is 3.72. The lowest BCUT2D eigenvalue weighted by atomic mass is 9.94. The average molecular weight is 587 g/mol. The first-order valence-electron chi connectivity index (χ1n) is 13.4. The molecule has 216 valence electrons. The highest BCUT2D eigenvalue weighted by Crippen LogP contribution is 2.36. The maximum absolute atomic E-state index is 15.1. The van der Waals surface area contributed by atoms with E-state index in [0.717, 1.165) is 29.7 Å². The van der Waals surface area contributed by atoms with Gasteiger partial charge in [0.2, 0.25) is 5.95 Å². The van der Waals surface area contributed by atoms with Crippen LogP contribution in [0.15, 0.2) is 71.9 Å². The SMILES string of the molecule is C.COc1cccc(F)c1C1=NCc2cnc(Nc3ccc(C(=O)N4CCC(N)CC4)cc3)nc2-c2ccc(Cl)cc21. The van der Waals surface area contributed by atoms with Crippen molar-refractivity contribution in [3.63, 3.8) is 0 Å². The highest BCUT2D eigenvalue weighted by Gasteiger charge is 2.26. The van der Waals surface area contributed by atoms with Crippen LogP contribution in [-0.2, 0) is 6.54 Å². The van der Waals surface area contributed by atoms with Crippen LogP contribution in [-0.4, -0.2) is 52.7 Å². The minimum Gasteiger partial charge on any atom is -0.496 e. The molecular weight excluding hydrogens is 555 g/mol. The largest absolute Gasteiger partial charge is 0.496 e. The van der Waals surface area contributed by atoms with Crippen molar-refractivity contribution in [1.82, 2.24) is 14.9 Å². The molecule has 2 aliphatic heterocycles. The monoisotopic (exact) mass is 586 g/mol. The minimum absolute atomic E-state index is 0. The van der Waals surface area contributed by atoms with Crippen LogP contribution in [0.1, 0.15) is 47.3 Å². The summed E-state index contributed by atoms with van der Waals surface area (Å²) in [7, 11) is 1.50. The van der Waals surface area contributed by atoms with Crippen LogP contribution >= 0.6 is 11.6 Å². The Morgan fingerprint density at radius 3 is 2.60 bits per heavy atom. The standard InChI is InChI=1S/C31H28ClFN6O2.CH4/c1-41-26-4-2-3-25(33)27(26)29-24-15-20(32)7-10-23(24)28-19(16-35-29)17-36-31(38-28)37-22-8-5-18(6-9-22)30(40)39-13-11-21(34)12-14-39;/h2-10,15,17,21H,11-14,16,34H2,1H3,(H,36,37,38);1H4. The molecule has 0 bridgehead atoms. The van der Waals surface area contributed by atoms with Crippen LogP contribution < -0.4 is 15.8 Å². The zero-order valence-corrected chi connectivity index (χ0v) is 23.2. The van der Waals surface area contributed by atoms with Gasteiger partial charge in [-0.15, -0.1) is 0 Å². The molecule has 10 heteroatoms. The number of piperidine rings is 1. The van der Waals surface area contributed by atoms with Gasteiger partial charge in [0.05, 0.1) is 30.6 Å². The Kier molecular flexibility index (Phi) is 8.51. The minimum atomic E-state index is -0.445. The molecule has 42 heavy (non-hydrogen) atoms. The van der Waals surface area contributed by atoms with Crippen molar-refractivity contribution in [2.45, 2.75) is 32.9 Å². The first-order chi connectivity index (χ1) is 19.9. The number of halogens is 2. The maximum Gasteiger partial charge on any atom is 0.253 e. The lowest BCUT2D eigenvalue weighted by Gasteiger charge is -2.30. The molecule has 0 atom stereocenters. The van der Waals surface area contributed by atoms with Crippen molar-refractivity contribution in [1.29, 1.82) is 0 Å². The second kappa shape index (κ2) is 12.3. The van der Waals surface area contributed by atoms with Crippen LogP contribution in [0.2, 0.25) is 5.02 Å². The Morgan fingerprint density at radius 2 is 1.86 bits per heavy atom. The first-order valence-corrected chi connectivity index (χ1v) is 13.7. The molecule has 3 heterocycles. The highest BCUT2D eigenvalue weighted by molar-refractivity contribution is 6.31. The number of aliphatic imine (C=N–C) groups is 1. The highest BCUT2D eigenvalue weighted by atomic mass is 35.5. The van der Waals surface area contributed by atoms with Gasteiger partial charge < -0.3 is 20.7 Å². The predicted molar refractivity (Wildman–Crippen MR) is 164 cm³/mol. The number of ether oxygens (including phenoxy) is 1. The summed E-state index contributed by atoms with van der Waals surface area (Å²) in [6.45, 7) is 1.59. The van der Waals surface area contributed by atoms with Crippen molar-refractivity contribution in [3.05, 3.63) is 100.0 Å². The van der Waals surface area contributed by atoms with Crippen LogP contribution in [0.3, 0.4) is 0 Å². The summed E-state index contributed by atoms with van der Waals surface area (Å²) in [5.74, 6) is 0.307. The normalized spacial score (nSPS) is 14.6. The smallest absolute Gasteiger partial charge is 0.253 e. The number of likely N-dealkylation sites (tertiary alicyclic amines) is 1. The lowest BCUT2D eigenvalue weighted by Crippen LogP contribution is -2.42. The Balaban J connectivity index is 0.00000353. The zero-order valence-electron chi connectivity index (χ0n) is 22.4. The summed E-state index contributed by atoms with van der Waals surface area (Å²) in [6, 6.07) is 17.5. The van der Waals surface area contributed by atoms with Gasteiger partial charge in [0, 0.05) is 58.3 Å². The van der Waals surface area contributed by atoms with Gasteiger partial charge in [-0.1, -0.05) is 31.2 Å². The van der Waals surface area contributed by atoms with E-state index in [4.69, 9.17) is 32.0 Å². The van der Waals surface area contributed by atoms with Crippen LogP contribution in [0.5, 0.6) is 5.75 Å². The Morgan fingerprint density at radius 1 is 1.10 bits per heavy atom. The Labute approximate surface area is 249 Å². The topological polar surface area (TPSA) is 106 Å². The van der Waals surface area contributed by atoms with Crippen molar-refractivity contribution >= 4 is 34.9 Å². The molecule has 2 aliphatic rings. The molecule has 6 rings (SSSR count). The molecule has 3 aromatic carbocycles. The Bertz CT molecular complexity index is 1650. The fourth-order valence-electron chi connectivity index (χ4n) is 5.21. The molecule has 1 aromatic heterocycles. The van der Waals surface area contributed by atoms with Crippen molar-refractivity contribution < 1.29 is 13.9 Å². The quantitative estimate of drug-likeness (QED) is 0.287. The third kappa shape index (κ3) is 5.70. The van der Waals surface area contributed by atoms with Crippen molar-refractivity contribution in [3.8, 4) is 17.0 Å². The molecule has 1 fully saturated rings. The van der Waals surface area contributed by atoms with E-state index >= 15 is 4.39 Å². The number of aromatic nitrogens is 2. The summed E-state index contributed by atoms with van der Waals surface area (Å²) in [4.78, 5) is 28.8. The molecule has 0 saturated carbocycles. The van der Waals surface area contributed by atoms with Crippen molar-refractivity contribution in [2.24, 2.45) is 10.7 Å². The molecule has 8 nitrogen and oxygen atoms in total. The molecule has 0 spiro atoms. The average Bonchev–Trinajstić information content (AvgIpc) is 3.13. The summed E-state index contributed by atoms with van der Waals surface area (Å²) in [5.41, 5.74) is 10.9. The van der Waals surface area contributed by atoms with Gasteiger partial charge in [0.15, 0.2) is 0 Å². The number of anilines is 2. The van der Waals surface area contributed by atoms with Gasteiger partial charge >= 0.3 is 0 Å². The third-order valence-electron chi connectivity index (χ3n) is 7.41. The molecule has 0 aliphatic carbocycles. The van der Waals surface area contributed by atoms with Gasteiger partial charge in [-0.2, -0.15) is 0 Å². The second-order valence-electron chi connectivity index (χ2n) is 10.1. The van der Waals surface area contributed by atoms with E-state index in [2.05, 4.69) is 10.3 Å². The number of carbonyl (C=O) groups is 1. The number of fused-ring (bicyclic) bond motifs is 3. The summed E-state index contributed by atoms with van der Waals surface area (Å²) in [6.07, 6.45) is 3.35. The van der Waals surface area contributed by atoms with E-state index in [1.807, 2.05) is 23.1 Å². The Hall–Kier alpha value is -4.34. The fourth-order valence-corrected chi connectivity index (χ4v) is 5.38. The van der Waals surface area contributed by atoms with E-state index in [1.54, 1.807) is 42.6 Å². The summed E-state index contributed by atoms with van der Waals surface area (Å²) < 4.78 is 20.6. The number of methoxy groups -OCH3 is 1. The van der Waals surface area contributed by atoms with Crippen LogP contribution in [0.25, 0.3) is 11.3 Å². The number of benzene rings is 3. The second-order valence-corrected chi connectivity index (χ2v) is 10.5. The molecule has 4 aromatic rings. The molecule has 0 radical (unpaired) electrons. The lowest BCUT2D eigenvalue weighted by molar-refractivity contribution is 0.0715. The van der Waals surface area contributed by atoms with E-state index in [9.17, 15) is 4.79 Å². The van der Waals surface area contributed by atoms with E-state index in [1.165, 1.54) is 13.2 Å². The number of hydrogen-bond donors (Lipinski definition) is 2. The first kappa shape index (κ1) is 29.2. The van der Waals surface area contributed by atoms with Gasteiger partial charge in [0.25, 0.3) is 5.91 Å². The van der Waals surface area contributed by atoms with Crippen LogP contribution in [0.4, 0.5) is 16.0 Å². The number of hydrogen-bond acceptors (Lipinski definition) is 7. The maximum atomic E-state index is 15.1. The third-order valence-corrected chi connectivity index (χ3v) is 7.65. The molecule has 3 N–H and O–H groups in total. The number of nitrogens with zero attached hydrogens (tertiary/aromatic N) is 4. The van der Waals surface area contributed by atoms with E-state index in [0.29, 0.717) is 52.3 Å². The van der Waals surface area contributed by atoms with E-state index < -0.39 is 5.82 Å². The van der Waals surface area contributed by atoms with Gasteiger partial charge in [-0.3, -0.25) is 9.79 Å². The fraction of sp³-hybridized carbons (Fsp3) is 0.250. The molecule has 1 saturated heterocycles. The molecular formula is C32H32ClFN6O2. The van der Waals surface area contributed by atoms with Crippen LogP contribution in [0, 0.1) is 5.82 Å². The van der Waals surface area contributed by atoms with Crippen molar-refractivity contribution in [2.75, 3.05) is 25.5 Å². The zero-order chi connectivity index (χ0) is 28.5.